The van der Waals surface area contributed by atoms with Gasteiger partial charge in [-0.1, -0.05) is 5.92 Å². The van der Waals surface area contributed by atoms with Gasteiger partial charge in [-0.25, -0.2) is 4.98 Å². The first kappa shape index (κ1) is 9.82. The Morgan fingerprint density at radius 3 is 3.00 bits per heavy atom. The fourth-order valence-corrected chi connectivity index (χ4v) is 0.964. The number of hydrogen-bond donors (Lipinski definition) is 1. The van der Waals surface area contributed by atoms with E-state index in [1.807, 2.05) is 17.8 Å². The van der Waals surface area contributed by atoms with E-state index in [-0.39, 0.29) is 6.61 Å². The van der Waals surface area contributed by atoms with Crippen molar-refractivity contribution in [3.8, 4) is 11.8 Å². The molecule has 1 heterocycles. The highest BCUT2D eigenvalue weighted by Gasteiger charge is 1.93. The van der Waals surface area contributed by atoms with Crippen LogP contribution in [0.5, 0.6) is 0 Å². The van der Waals surface area contributed by atoms with E-state index in [9.17, 15) is 0 Å². The molecule has 0 spiro atoms. The Morgan fingerprint density at radius 1 is 1.54 bits per heavy atom. The van der Waals surface area contributed by atoms with Gasteiger partial charge in [0.1, 0.15) is 5.82 Å². The largest absolute Gasteiger partial charge is 0.396 e. The monoisotopic (exact) mass is 178 g/mol. The lowest BCUT2D eigenvalue weighted by molar-refractivity contribution is 0.290. The predicted octanol–water partition coefficient (Wildman–Crippen LogP) is 0.738. The molecule has 1 rings (SSSR count). The van der Waals surface area contributed by atoms with Gasteiger partial charge in [0.05, 0.1) is 6.42 Å². The molecule has 13 heavy (non-hydrogen) atoms. The molecule has 0 saturated carbocycles. The third kappa shape index (κ3) is 3.30. The maximum absolute atomic E-state index is 8.51. The standard InChI is InChI=1S/C10H14N2O/c1-12-8-7-11-10(12)6-4-2-3-5-9-13/h7-8,13H,3,5-6,9H2,1H3. The molecule has 0 atom stereocenters. The van der Waals surface area contributed by atoms with Crippen molar-refractivity contribution >= 4 is 0 Å². The number of nitrogens with zero attached hydrogens (tertiary/aromatic N) is 2. The van der Waals surface area contributed by atoms with E-state index in [2.05, 4.69) is 16.8 Å². The summed E-state index contributed by atoms with van der Waals surface area (Å²) in [6.07, 6.45) is 5.89. The maximum Gasteiger partial charge on any atom is 0.120 e. The summed E-state index contributed by atoms with van der Waals surface area (Å²) in [4.78, 5) is 4.14. The minimum absolute atomic E-state index is 0.219. The normalized spacial score (nSPS) is 9.38. The van der Waals surface area contributed by atoms with Crippen LogP contribution in [-0.4, -0.2) is 21.3 Å². The molecule has 0 aromatic carbocycles. The number of rotatable bonds is 3. The Kier molecular flexibility index (Phi) is 4.07. The fourth-order valence-electron chi connectivity index (χ4n) is 0.964. The van der Waals surface area contributed by atoms with Crippen molar-refractivity contribution in [3.05, 3.63) is 18.2 Å². The second kappa shape index (κ2) is 5.39. The Morgan fingerprint density at radius 2 is 2.38 bits per heavy atom. The van der Waals surface area contributed by atoms with Crippen LogP contribution in [-0.2, 0) is 13.5 Å². The Labute approximate surface area is 78.4 Å². The van der Waals surface area contributed by atoms with Crippen LogP contribution >= 0.6 is 0 Å². The van der Waals surface area contributed by atoms with Crippen molar-refractivity contribution in [1.29, 1.82) is 0 Å². The van der Waals surface area contributed by atoms with Gasteiger partial charge in [0.25, 0.3) is 0 Å². The third-order valence-electron chi connectivity index (χ3n) is 1.75. The van der Waals surface area contributed by atoms with Gasteiger partial charge in [-0.15, -0.1) is 5.92 Å². The van der Waals surface area contributed by atoms with Gasteiger partial charge in [0, 0.05) is 32.5 Å². The summed E-state index contributed by atoms with van der Waals surface area (Å²) in [6.45, 7) is 0.219. The van der Waals surface area contributed by atoms with Crippen LogP contribution < -0.4 is 0 Å². The molecule has 0 saturated heterocycles. The van der Waals surface area contributed by atoms with Crippen molar-refractivity contribution < 1.29 is 5.11 Å². The van der Waals surface area contributed by atoms with Crippen LogP contribution in [0.4, 0.5) is 0 Å². The summed E-state index contributed by atoms with van der Waals surface area (Å²) in [6, 6.07) is 0. The molecule has 3 nitrogen and oxygen atoms in total. The van der Waals surface area contributed by atoms with E-state index in [0.717, 1.165) is 18.7 Å². The lowest BCUT2D eigenvalue weighted by Gasteiger charge is -1.93. The zero-order valence-corrected chi connectivity index (χ0v) is 7.82. The number of aromatic nitrogens is 2. The topological polar surface area (TPSA) is 38.0 Å². The van der Waals surface area contributed by atoms with Gasteiger partial charge in [-0.3, -0.25) is 0 Å². The smallest absolute Gasteiger partial charge is 0.120 e. The quantitative estimate of drug-likeness (QED) is 0.547. The summed E-state index contributed by atoms with van der Waals surface area (Å²) in [5, 5.41) is 8.51. The summed E-state index contributed by atoms with van der Waals surface area (Å²) in [7, 11) is 1.96. The summed E-state index contributed by atoms with van der Waals surface area (Å²) >= 11 is 0. The molecule has 0 unspecified atom stereocenters. The van der Waals surface area contributed by atoms with Crippen molar-refractivity contribution in [2.24, 2.45) is 7.05 Å². The van der Waals surface area contributed by atoms with Gasteiger partial charge in [0.2, 0.25) is 0 Å². The minimum Gasteiger partial charge on any atom is -0.396 e. The molecule has 0 aliphatic rings. The average Bonchev–Trinajstić information content (AvgIpc) is 2.52. The van der Waals surface area contributed by atoms with Crippen molar-refractivity contribution in [2.75, 3.05) is 6.61 Å². The van der Waals surface area contributed by atoms with Crippen LogP contribution in [0.2, 0.25) is 0 Å². The molecule has 1 aromatic rings. The van der Waals surface area contributed by atoms with Gasteiger partial charge < -0.3 is 9.67 Å². The van der Waals surface area contributed by atoms with Gasteiger partial charge in [0.15, 0.2) is 0 Å². The van der Waals surface area contributed by atoms with Crippen LogP contribution in [0.15, 0.2) is 12.4 Å². The molecule has 0 aliphatic carbocycles. The van der Waals surface area contributed by atoms with E-state index in [1.165, 1.54) is 0 Å². The zero-order chi connectivity index (χ0) is 9.52. The number of aryl methyl sites for hydroxylation is 1. The Bertz CT molecular complexity index is 306. The van der Waals surface area contributed by atoms with E-state index in [1.54, 1.807) is 6.20 Å². The lowest BCUT2D eigenvalue weighted by atomic mass is 10.3. The Hall–Kier alpha value is -1.27. The van der Waals surface area contributed by atoms with Crippen LogP contribution in [0.1, 0.15) is 18.7 Å². The second-order valence-corrected chi connectivity index (χ2v) is 2.81. The zero-order valence-electron chi connectivity index (χ0n) is 7.82. The summed E-state index contributed by atoms with van der Waals surface area (Å²) < 4.78 is 1.96. The molecule has 3 heteroatoms. The Balaban J connectivity index is 2.33. The van der Waals surface area contributed by atoms with Gasteiger partial charge in [-0.05, 0) is 6.42 Å². The molecule has 70 valence electrons. The summed E-state index contributed by atoms with van der Waals surface area (Å²) in [5.41, 5.74) is 0. The predicted molar refractivity (Wildman–Crippen MR) is 51.0 cm³/mol. The molecule has 0 aliphatic heterocycles. The van der Waals surface area contributed by atoms with Crippen molar-refractivity contribution in [1.82, 2.24) is 9.55 Å². The highest BCUT2D eigenvalue weighted by atomic mass is 16.2. The number of unbranched alkanes of at least 4 members (excludes halogenated alkanes) is 1. The van der Waals surface area contributed by atoms with E-state index in [0.29, 0.717) is 6.42 Å². The number of imidazole rings is 1. The minimum atomic E-state index is 0.219. The van der Waals surface area contributed by atoms with Gasteiger partial charge >= 0.3 is 0 Å². The van der Waals surface area contributed by atoms with E-state index < -0.39 is 0 Å². The molecule has 0 bridgehead atoms. The lowest BCUT2D eigenvalue weighted by Crippen LogP contribution is -1.94. The fraction of sp³-hybridized carbons (Fsp3) is 0.500. The molecular weight excluding hydrogens is 164 g/mol. The first-order valence-corrected chi connectivity index (χ1v) is 4.37. The second-order valence-electron chi connectivity index (χ2n) is 2.81. The van der Waals surface area contributed by atoms with Crippen LogP contribution in [0.3, 0.4) is 0 Å². The van der Waals surface area contributed by atoms with Crippen LogP contribution in [0, 0.1) is 11.8 Å². The maximum atomic E-state index is 8.51. The molecule has 1 N–H and O–H groups in total. The first-order chi connectivity index (χ1) is 6.34. The van der Waals surface area contributed by atoms with Crippen LogP contribution in [0.25, 0.3) is 0 Å². The molecule has 0 radical (unpaired) electrons. The summed E-state index contributed by atoms with van der Waals surface area (Å²) in [5.74, 6) is 6.99. The van der Waals surface area contributed by atoms with Crippen molar-refractivity contribution in [2.45, 2.75) is 19.3 Å². The highest BCUT2D eigenvalue weighted by molar-refractivity contribution is 5.07. The van der Waals surface area contributed by atoms with E-state index in [4.69, 9.17) is 5.11 Å². The number of aliphatic hydroxyl groups excluding tert-OH is 1. The SMILES string of the molecule is Cn1ccnc1CC#CCCCO. The molecule has 1 aromatic heterocycles. The molecular formula is C10H14N2O. The molecule has 0 fully saturated rings. The number of aliphatic hydroxyl groups is 1. The highest BCUT2D eigenvalue weighted by Crippen LogP contribution is 1.94. The third-order valence-corrected chi connectivity index (χ3v) is 1.75. The van der Waals surface area contributed by atoms with Crippen molar-refractivity contribution in [3.63, 3.8) is 0 Å². The van der Waals surface area contributed by atoms with E-state index >= 15 is 0 Å². The average molecular weight is 178 g/mol. The van der Waals surface area contributed by atoms with Gasteiger partial charge in [-0.2, -0.15) is 0 Å². The first-order valence-electron chi connectivity index (χ1n) is 4.37. The number of hydrogen-bond acceptors (Lipinski definition) is 2. The molecule has 0 amide bonds.